The highest BCUT2D eigenvalue weighted by Crippen LogP contribution is 2.17. The van der Waals surface area contributed by atoms with E-state index in [9.17, 15) is 0 Å². The number of hydrogen-bond donors (Lipinski definition) is 1. The zero-order chi connectivity index (χ0) is 14.3. The molecule has 116 valence electrons. The van der Waals surface area contributed by atoms with Crippen LogP contribution in [0.25, 0.3) is 0 Å². The van der Waals surface area contributed by atoms with Crippen molar-refractivity contribution in [2.45, 2.75) is 18.9 Å². The van der Waals surface area contributed by atoms with Crippen LogP contribution >= 0.6 is 0 Å². The van der Waals surface area contributed by atoms with Crippen molar-refractivity contribution < 1.29 is 4.74 Å². The van der Waals surface area contributed by atoms with Crippen molar-refractivity contribution in [2.24, 2.45) is 0 Å². The summed E-state index contributed by atoms with van der Waals surface area (Å²) in [5.74, 6) is 0. The molecule has 2 saturated heterocycles. The SMILES string of the molecule is c1ccc(NCCCN2CCC(N3CCOCC3)C2)cc1. The molecule has 2 aliphatic heterocycles. The first-order valence-corrected chi connectivity index (χ1v) is 8.25. The number of likely N-dealkylation sites (tertiary alicyclic amines) is 1. The fraction of sp³-hybridized carbons (Fsp3) is 0.647. The van der Waals surface area contributed by atoms with Crippen LogP contribution in [0.2, 0.25) is 0 Å². The molecule has 2 fully saturated rings. The number of rotatable bonds is 6. The largest absolute Gasteiger partial charge is 0.385 e. The van der Waals surface area contributed by atoms with Crippen molar-refractivity contribution in [3.05, 3.63) is 30.3 Å². The van der Waals surface area contributed by atoms with E-state index in [4.69, 9.17) is 4.74 Å². The quantitative estimate of drug-likeness (QED) is 0.810. The van der Waals surface area contributed by atoms with Crippen LogP contribution in [0, 0.1) is 0 Å². The topological polar surface area (TPSA) is 27.7 Å². The lowest BCUT2D eigenvalue weighted by atomic mass is 10.2. The highest BCUT2D eigenvalue weighted by molar-refractivity contribution is 5.42. The molecular formula is C17H27N3O. The molecule has 0 aliphatic carbocycles. The van der Waals surface area contributed by atoms with Crippen LogP contribution in [0.5, 0.6) is 0 Å². The van der Waals surface area contributed by atoms with E-state index >= 15 is 0 Å². The van der Waals surface area contributed by atoms with Gasteiger partial charge in [0.25, 0.3) is 0 Å². The van der Waals surface area contributed by atoms with Crippen molar-refractivity contribution in [1.29, 1.82) is 0 Å². The Balaban J connectivity index is 1.31. The van der Waals surface area contributed by atoms with E-state index in [1.165, 1.54) is 38.2 Å². The van der Waals surface area contributed by atoms with Crippen molar-refractivity contribution in [1.82, 2.24) is 9.80 Å². The lowest BCUT2D eigenvalue weighted by molar-refractivity contribution is 0.0185. The van der Waals surface area contributed by atoms with Gasteiger partial charge in [-0.2, -0.15) is 0 Å². The summed E-state index contributed by atoms with van der Waals surface area (Å²) in [4.78, 5) is 5.23. The minimum atomic E-state index is 0.760. The van der Waals surface area contributed by atoms with E-state index in [-0.39, 0.29) is 0 Å². The lowest BCUT2D eigenvalue weighted by Gasteiger charge is -2.32. The summed E-state index contributed by atoms with van der Waals surface area (Å²) < 4.78 is 5.44. The van der Waals surface area contributed by atoms with Crippen molar-refractivity contribution >= 4 is 5.69 Å². The molecule has 3 rings (SSSR count). The number of nitrogens with zero attached hydrogens (tertiary/aromatic N) is 2. The van der Waals surface area contributed by atoms with Crippen LogP contribution in [0.1, 0.15) is 12.8 Å². The van der Waals surface area contributed by atoms with Gasteiger partial charge < -0.3 is 15.0 Å². The second kappa shape index (κ2) is 7.78. The molecule has 0 radical (unpaired) electrons. The molecule has 1 aromatic rings. The Morgan fingerprint density at radius 1 is 1.10 bits per heavy atom. The summed E-state index contributed by atoms with van der Waals surface area (Å²) in [6, 6.07) is 11.2. The second-order valence-electron chi connectivity index (χ2n) is 6.04. The van der Waals surface area contributed by atoms with Gasteiger partial charge in [-0.1, -0.05) is 18.2 Å². The van der Waals surface area contributed by atoms with E-state index < -0.39 is 0 Å². The van der Waals surface area contributed by atoms with Crippen LogP contribution < -0.4 is 5.32 Å². The lowest BCUT2D eigenvalue weighted by Crippen LogP contribution is -2.44. The van der Waals surface area contributed by atoms with Gasteiger partial charge in [0, 0.05) is 37.9 Å². The molecule has 21 heavy (non-hydrogen) atoms. The Morgan fingerprint density at radius 2 is 1.90 bits per heavy atom. The van der Waals surface area contributed by atoms with Crippen LogP contribution in [-0.4, -0.2) is 68.3 Å². The molecule has 0 bridgehead atoms. The first kappa shape index (κ1) is 14.8. The van der Waals surface area contributed by atoms with E-state index in [0.717, 1.165) is 38.9 Å². The maximum Gasteiger partial charge on any atom is 0.0594 e. The van der Waals surface area contributed by atoms with Gasteiger partial charge in [-0.15, -0.1) is 0 Å². The first-order chi connectivity index (χ1) is 10.4. The predicted octanol–water partition coefficient (Wildman–Crippen LogP) is 1.90. The molecule has 2 heterocycles. The van der Waals surface area contributed by atoms with Crippen molar-refractivity contribution in [2.75, 3.05) is 57.8 Å². The normalized spacial score (nSPS) is 24.3. The number of para-hydroxylation sites is 1. The molecular weight excluding hydrogens is 262 g/mol. The number of benzene rings is 1. The summed E-state index contributed by atoms with van der Waals surface area (Å²) in [5.41, 5.74) is 1.23. The summed E-state index contributed by atoms with van der Waals surface area (Å²) in [7, 11) is 0. The van der Waals surface area contributed by atoms with E-state index in [1.807, 2.05) is 0 Å². The predicted molar refractivity (Wildman–Crippen MR) is 86.8 cm³/mol. The Hall–Kier alpha value is -1.10. The minimum absolute atomic E-state index is 0.760. The van der Waals surface area contributed by atoms with Gasteiger partial charge >= 0.3 is 0 Å². The smallest absolute Gasteiger partial charge is 0.0594 e. The van der Waals surface area contributed by atoms with Crippen LogP contribution in [-0.2, 0) is 4.74 Å². The molecule has 0 saturated carbocycles. The summed E-state index contributed by atoms with van der Waals surface area (Å²) in [6.07, 6.45) is 2.54. The highest BCUT2D eigenvalue weighted by Gasteiger charge is 2.28. The first-order valence-electron chi connectivity index (χ1n) is 8.25. The van der Waals surface area contributed by atoms with Crippen LogP contribution in [0.15, 0.2) is 30.3 Å². The number of anilines is 1. The average Bonchev–Trinajstić information content (AvgIpc) is 3.02. The van der Waals surface area contributed by atoms with E-state index in [1.54, 1.807) is 0 Å². The molecule has 0 aromatic heterocycles. The van der Waals surface area contributed by atoms with Crippen molar-refractivity contribution in [3.8, 4) is 0 Å². The number of morpholine rings is 1. The number of ether oxygens (including phenoxy) is 1. The molecule has 1 unspecified atom stereocenters. The van der Waals surface area contributed by atoms with Crippen LogP contribution in [0.4, 0.5) is 5.69 Å². The van der Waals surface area contributed by atoms with Gasteiger partial charge in [0.1, 0.15) is 0 Å². The molecule has 4 heteroatoms. The van der Waals surface area contributed by atoms with Gasteiger partial charge in [0.05, 0.1) is 13.2 Å². The molecule has 0 amide bonds. The average molecular weight is 289 g/mol. The Labute approximate surface area is 128 Å². The fourth-order valence-electron chi connectivity index (χ4n) is 3.35. The zero-order valence-corrected chi connectivity index (χ0v) is 12.8. The number of nitrogens with one attached hydrogen (secondary N) is 1. The van der Waals surface area contributed by atoms with Crippen molar-refractivity contribution in [3.63, 3.8) is 0 Å². The maximum absolute atomic E-state index is 5.44. The van der Waals surface area contributed by atoms with E-state index in [0.29, 0.717) is 0 Å². The molecule has 4 nitrogen and oxygen atoms in total. The van der Waals surface area contributed by atoms with Gasteiger partial charge in [-0.05, 0) is 38.1 Å². The monoisotopic (exact) mass is 289 g/mol. The third-order valence-electron chi connectivity index (χ3n) is 4.56. The minimum Gasteiger partial charge on any atom is -0.385 e. The third kappa shape index (κ3) is 4.43. The summed E-state index contributed by atoms with van der Waals surface area (Å²) in [5, 5.41) is 3.49. The molecule has 0 spiro atoms. The van der Waals surface area contributed by atoms with Crippen LogP contribution in [0.3, 0.4) is 0 Å². The second-order valence-corrected chi connectivity index (χ2v) is 6.04. The van der Waals surface area contributed by atoms with Gasteiger partial charge in [-0.3, -0.25) is 4.90 Å². The molecule has 2 aliphatic rings. The Morgan fingerprint density at radius 3 is 2.71 bits per heavy atom. The molecule has 1 N–H and O–H groups in total. The summed E-state index contributed by atoms with van der Waals surface area (Å²) in [6.45, 7) is 8.83. The third-order valence-corrected chi connectivity index (χ3v) is 4.56. The Bertz CT molecular complexity index is 406. The Kier molecular flexibility index (Phi) is 5.49. The summed E-state index contributed by atoms with van der Waals surface area (Å²) >= 11 is 0. The van der Waals surface area contributed by atoms with Gasteiger partial charge in [0.15, 0.2) is 0 Å². The number of hydrogen-bond acceptors (Lipinski definition) is 4. The molecule has 1 aromatic carbocycles. The standard InChI is InChI=1S/C17H27N3O/c1-2-5-16(6-3-1)18-8-4-9-19-10-7-17(15-19)20-11-13-21-14-12-20/h1-3,5-6,17-18H,4,7-15H2. The maximum atomic E-state index is 5.44. The molecule has 1 atom stereocenters. The van der Waals surface area contributed by atoms with Gasteiger partial charge in [0.2, 0.25) is 0 Å². The highest BCUT2D eigenvalue weighted by atomic mass is 16.5. The zero-order valence-electron chi connectivity index (χ0n) is 12.8. The van der Waals surface area contributed by atoms with E-state index in [2.05, 4.69) is 45.4 Å². The fourth-order valence-corrected chi connectivity index (χ4v) is 3.35. The van der Waals surface area contributed by atoms with Gasteiger partial charge in [-0.25, -0.2) is 0 Å².